The highest BCUT2D eigenvalue weighted by Gasteiger charge is 2.13. The van der Waals surface area contributed by atoms with Crippen molar-refractivity contribution in [2.24, 2.45) is 0 Å². The van der Waals surface area contributed by atoms with Gasteiger partial charge >= 0.3 is 0 Å². The molecule has 124 valence electrons. The van der Waals surface area contributed by atoms with Gasteiger partial charge in [-0.2, -0.15) is 4.98 Å². The molecule has 7 heteroatoms. The number of aromatic nitrogens is 2. The van der Waals surface area contributed by atoms with Crippen molar-refractivity contribution < 1.29 is 13.5 Å². The quantitative estimate of drug-likeness (QED) is 0.767. The summed E-state index contributed by atoms with van der Waals surface area (Å²) >= 11 is 0. The molecular weight excluding hydrogens is 314 g/mol. The van der Waals surface area contributed by atoms with Gasteiger partial charge < -0.3 is 16.2 Å². The van der Waals surface area contributed by atoms with E-state index in [0.717, 1.165) is 6.07 Å². The van der Waals surface area contributed by atoms with E-state index in [1.54, 1.807) is 25.1 Å². The van der Waals surface area contributed by atoms with E-state index in [1.165, 1.54) is 12.1 Å². The average Bonchev–Trinajstić information content (AvgIpc) is 2.45. The molecule has 2 aromatic carbocycles. The third kappa shape index (κ3) is 3.34. The van der Waals surface area contributed by atoms with Crippen molar-refractivity contribution in [2.45, 2.75) is 19.4 Å². The Hall–Kier alpha value is -2.96. The number of rotatable bonds is 4. The predicted molar refractivity (Wildman–Crippen MR) is 88.5 cm³/mol. The maximum atomic E-state index is 13.3. The minimum atomic E-state index is -0.615. The molecule has 0 amide bonds. The lowest BCUT2D eigenvalue weighted by Gasteiger charge is -2.17. The zero-order valence-electron chi connectivity index (χ0n) is 13.0. The van der Waals surface area contributed by atoms with Gasteiger partial charge in [0.25, 0.3) is 0 Å². The summed E-state index contributed by atoms with van der Waals surface area (Å²) in [6.45, 7) is 1.80. The molecule has 1 unspecified atom stereocenters. The molecule has 24 heavy (non-hydrogen) atoms. The normalized spacial score (nSPS) is 12.3. The molecule has 0 bridgehead atoms. The highest BCUT2D eigenvalue weighted by atomic mass is 19.1. The Kier molecular flexibility index (Phi) is 4.16. The third-order valence-corrected chi connectivity index (χ3v) is 3.50. The highest BCUT2D eigenvalue weighted by molar-refractivity contribution is 5.94. The van der Waals surface area contributed by atoms with Crippen LogP contribution in [0.15, 0.2) is 36.4 Å². The van der Waals surface area contributed by atoms with Crippen LogP contribution < -0.4 is 16.2 Å². The molecule has 5 nitrogen and oxygen atoms in total. The summed E-state index contributed by atoms with van der Waals surface area (Å²) < 4.78 is 32.4. The lowest BCUT2D eigenvalue weighted by atomic mass is 10.1. The standard InChI is InChI=1S/C17H16F2N4O/c1-9(5-10-6-11(18)8-12(19)7-10)24-14-4-2-3-13-15(14)16(20)23-17(21)22-13/h2-4,6-9H,5H2,1H3,(H4,20,21,22,23). The summed E-state index contributed by atoms with van der Waals surface area (Å²) in [5.74, 6) is -0.433. The van der Waals surface area contributed by atoms with E-state index in [1.807, 2.05) is 0 Å². The number of nitrogens with two attached hydrogens (primary N) is 2. The van der Waals surface area contributed by atoms with Gasteiger partial charge in [-0.15, -0.1) is 0 Å². The second-order valence-electron chi connectivity index (χ2n) is 5.53. The number of nitrogen functional groups attached to an aromatic ring is 2. The van der Waals surface area contributed by atoms with E-state index in [2.05, 4.69) is 9.97 Å². The smallest absolute Gasteiger partial charge is 0.222 e. The number of anilines is 2. The molecule has 0 aliphatic heterocycles. The Labute approximate surface area is 137 Å². The molecule has 4 N–H and O–H groups in total. The Morgan fingerprint density at radius 1 is 1.08 bits per heavy atom. The van der Waals surface area contributed by atoms with Gasteiger partial charge in [-0.1, -0.05) is 6.07 Å². The van der Waals surface area contributed by atoms with Crippen LogP contribution in [-0.4, -0.2) is 16.1 Å². The van der Waals surface area contributed by atoms with Crippen molar-refractivity contribution in [3.05, 3.63) is 53.6 Å². The fraction of sp³-hybridized carbons (Fsp3) is 0.176. The Morgan fingerprint density at radius 3 is 2.50 bits per heavy atom. The molecule has 1 aromatic heterocycles. The second-order valence-corrected chi connectivity index (χ2v) is 5.53. The Bertz CT molecular complexity index is 881. The first-order valence-corrected chi connectivity index (χ1v) is 7.35. The van der Waals surface area contributed by atoms with Gasteiger partial charge in [-0.3, -0.25) is 0 Å². The van der Waals surface area contributed by atoms with Crippen LogP contribution in [0.5, 0.6) is 5.75 Å². The summed E-state index contributed by atoms with van der Waals surface area (Å²) in [7, 11) is 0. The molecular formula is C17H16F2N4O. The van der Waals surface area contributed by atoms with Crippen molar-refractivity contribution in [3.63, 3.8) is 0 Å². The molecule has 0 spiro atoms. The van der Waals surface area contributed by atoms with Gasteiger partial charge in [0.1, 0.15) is 23.2 Å². The number of benzene rings is 2. The zero-order chi connectivity index (χ0) is 17.3. The first kappa shape index (κ1) is 15.9. The number of halogens is 2. The van der Waals surface area contributed by atoms with Gasteiger partial charge in [0.05, 0.1) is 17.0 Å². The van der Waals surface area contributed by atoms with E-state index in [0.29, 0.717) is 28.6 Å². The van der Waals surface area contributed by atoms with Gasteiger partial charge in [0.15, 0.2) is 0 Å². The molecule has 0 aliphatic carbocycles. The van der Waals surface area contributed by atoms with Gasteiger partial charge in [0.2, 0.25) is 5.95 Å². The number of fused-ring (bicyclic) bond motifs is 1. The van der Waals surface area contributed by atoms with Gasteiger partial charge in [-0.25, -0.2) is 13.8 Å². The largest absolute Gasteiger partial charge is 0.490 e. The van der Waals surface area contributed by atoms with E-state index in [4.69, 9.17) is 16.2 Å². The molecule has 0 saturated carbocycles. The van der Waals surface area contributed by atoms with Gasteiger partial charge in [-0.05, 0) is 36.8 Å². The fourth-order valence-electron chi connectivity index (χ4n) is 2.62. The van der Waals surface area contributed by atoms with Crippen molar-refractivity contribution in [1.82, 2.24) is 9.97 Å². The van der Waals surface area contributed by atoms with Crippen molar-refractivity contribution in [1.29, 1.82) is 0 Å². The lowest BCUT2D eigenvalue weighted by Crippen LogP contribution is -2.16. The molecule has 0 saturated heterocycles. The van der Waals surface area contributed by atoms with Crippen molar-refractivity contribution in [3.8, 4) is 5.75 Å². The van der Waals surface area contributed by atoms with Crippen molar-refractivity contribution >= 4 is 22.7 Å². The minimum Gasteiger partial charge on any atom is -0.490 e. The molecule has 1 atom stereocenters. The maximum Gasteiger partial charge on any atom is 0.222 e. The SMILES string of the molecule is CC(Cc1cc(F)cc(F)c1)Oc1cccc2nc(N)nc(N)c12. The Balaban J connectivity index is 1.86. The van der Waals surface area contributed by atoms with Crippen LogP contribution in [0.3, 0.4) is 0 Å². The highest BCUT2D eigenvalue weighted by Crippen LogP contribution is 2.30. The molecule has 0 fully saturated rings. The monoisotopic (exact) mass is 330 g/mol. The van der Waals surface area contributed by atoms with Crippen LogP contribution in [0.1, 0.15) is 12.5 Å². The summed E-state index contributed by atoms with van der Waals surface area (Å²) in [6.07, 6.45) is -0.00499. The van der Waals surface area contributed by atoms with Crippen LogP contribution >= 0.6 is 0 Å². The van der Waals surface area contributed by atoms with E-state index in [9.17, 15) is 8.78 Å². The van der Waals surface area contributed by atoms with E-state index < -0.39 is 11.6 Å². The van der Waals surface area contributed by atoms with Crippen LogP contribution in [0.4, 0.5) is 20.5 Å². The number of nitrogens with zero attached hydrogens (tertiary/aromatic N) is 2. The summed E-state index contributed by atoms with van der Waals surface area (Å²) in [5, 5.41) is 0.559. The number of hydrogen-bond acceptors (Lipinski definition) is 5. The van der Waals surface area contributed by atoms with E-state index >= 15 is 0 Å². The third-order valence-electron chi connectivity index (χ3n) is 3.50. The minimum absolute atomic E-state index is 0.0837. The average molecular weight is 330 g/mol. The zero-order valence-corrected chi connectivity index (χ0v) is 13.0. The van der Waals surface area contributed by atoms with Crippen LogP contribution in [0.25, 0.3) is 10.9 Å². The molecule has 3 aromatic rings. The molecule has 1 heterocycles. The fourth-order valence-corrected chi connectivity index (χ4v) is 2.62. The van der Waals surface area contributed by atoms with Gasteiger partial charge in [0, 0.05) is 12.5 Å². The van der Waals surface area contributed by atoms with Crippen LogP contribution in [-0.2, 0) is 6.42 Å². The van der Waals surface area contributed by atoms with E-state index in [-0.39, 0.29) is 17.9 Å². The molecule has 3 rings (SSSR count). The van der Waals surface area contributed by atoms with Crippen LogP contribution in [0.2, 0.25) is 0 Å². The second kappa shape index (κ2) is 6.27. The first-order valence-electron chi connectivity index (χ1n) is 7.35. The first-order chi connectivity index (χ1) is 11.4. The van der Waals surface area contributed by atoms with Crippen LogP contribution in [0, 0.1) is 11.6 Å². The number of ether oxygens (including phenoxy) is 1. The van der Waals surface area contributed by atoms with Crippen molar-refractivity contribution in [2.75, 3.05) is 11.5 Å². The maximum absolute atomic E-state index is 13.3. The molecule has 0 radical (unpaired) electrons. The number of hydrogen-bond donors (Lipinski definition) is 2. The predicted octanol–water partition coefficient (Wildman–Crippen LogP) is 3.08. The molecule has 0 aliphatic rings. The summed E-state index contributed by atoms with van der Waals surface area (Å²) in [5.41, 5.74) is 12.6. The Morgan fingerprint density at radius 2 is 1.79 bits per heavy atom. The summed E-state index contributed by atoms with van der Waals surface area (Å²) in [6, 6.07) is 8.65. The lowest BCUT2D eigenvalue weighted by molar-refractivity contribution is 0.225. The topological polar surface area (TPSA) is 87.0 Å². The summed E-state index contributed by atoms with van der Waals surface area (Å²) in [4.78, 5) is 8.06.